The summed E-state index contributed by atoms with van der Waals surface area (Å²) in [6.45, 7) is 9.44. The van der Waals surface area contributed by atoms with Crippen LogP contribution in [-0.4, -0.2) is 37.1 Å². The van der Waals surface area contributed by atoms with Crippen molar-refractivity contribution in [2.45, 2.75) is 32.7 Å². The molecule has 11 heavy (non-hydrogen) atoms. The van der Waals surface area contributed by atoms with E-state index < -0.39 is 0 Å². The molecule has 1 saturated heterocycles. The molecule has 1 fully saturated rings. The molecule has 1 atom stereocenters. The van der Waals surface area contributed by atoms with Crippen molar-refractivity contribution in [3.05, 3.63) is 0 Å². The third-order valence-electron chi connectivity index (χ3n) is 2.37. The van der Waals surface area contributed by atoms with Crippen molar-refractivity contribution in [3.63, 3.8) is 0 Å². The Labute approximate surface area is 70.0 Å². The standard InChI is InChI=1S/C9H20N2/c1-3-11-7-5-4-6-10-9(2)8-11/h9-10H,3-8H2,1-2H3. The van der Waals surface area contributed by atoms with E-state index in [0.717, 1.165) is 0 Å². The molecule has 0 spiro atoms. The molecule has 0 saturated carbocycles. The minimum atomic E-state index is 0.676. The zero-order valence-corrected chi connectivity index (χ0v) is 7.77. The first-order valence-corrected chi connectivity index (χ1v) is 4.78. The van der Waals surface area contributed by atoms with Crippen molar-refractivity contribution < 1.29 is 0 Å². The van der Waals surface area contributed by atoms with Gasteiger partial charge in [-0.2, -0.15) is 0 Å². The van der Waals surface area contributed by atoms with Gasteiger partial charge in [0.15, 0.2) is 0 Å². The summed E-state index contributed by atoms with van der Waals surface area (Å²) >= 11 is 0. The molecule has 1 rings (SSSR count). The van der Waals surface area contributed by atoms with E-state index >= 15 is 0 Å². The predicted molar refractivity (Wildman–Crippen MR) is 48.8 cm³/mol. The van der Waals surface area contributed by atoms with E-state index in [1.54, 1.807) is 0 Å². The summed E-state index contributed by atoms with van der Waals surface area (Å²) in [5, 5.41) is 3.51. The SMILES string of the molecule is CCN1CCCCNC(C)C1. The van der Waals surface area contributed by atoms with Crippen molar-refractivity contribution >= 4 is 0 Å². The van der Waals surface area contributed by atoms with Gasteiger partial charge < -0.3 is 10.2 Å². The van der Waals surface area contributed by atoms with Gasteiger partial charge in [-0.15, -0.1) is 0 Å². The highest BCUT2D eigenvalue weighted by atomic mass is 15.1. The zero-order valence-electron chi connectivity index (χ0n) is 7.77. The van der Waals surface area contributed by atoms with Gasteiger partial charge in [0.1, 0.15) is 0 Å². The van der Waals surface area contributed by atoms with E-state index in [1.807, 2.05) is 0 Å². The molecule has 1 aliphatic rings. The summed E-state index contributed by atoms with van der Waals surface area (Å²) in [6.07, 6.45) is 2.69. The highest BCUT2D eigenvalue weighted by Crippen LogP contribution is 2.00. The first-order chi connectivity index (χ1) is 5.33. The number of rotatable bonds is 1. The van der Waals surface area contributed by atoms with Crippen LogP contribution in [0.3, 0.4) is 0 Å². The monoisotopic (exact) mass is 156 g/mol. The number of nitrogens with one attached hydrogen (secondary N) is 1. The normalized spacial score (nSPS) is 29.5. The van der Waals surface area contributed by atoms with E-state index in [2.05, 4.69) is 24.1 Å². The molecule has 1 unspecified atom stereocenters. The molecule has 0 bridgehead atoms. The van der Waals surface area contributed by atoms with Crippen molar-refractivity contribution in [1.82, 2.24) is 10.2 Å². The second kappa shape index (κ2) is 4.73. The Balaban J connectivity index is 2.29. The Morgan fingerprint density at radius 1 is 1.45 bits per heavy atom. The van der Waals surface area contributed by atoms with E-state index in [1.165, 1.54) is 39.0 Å². The number of hydrogen-bond acceptors (Lipinski definition) is 2. The lowest BCUT2D eigenvalue weighted by molar-refractivity contribution is 0.237. The third-order valence-corrected chi connectivity index (χ3v) is 2.37. The van der Waals surface area contributed by atoms with E-state index in [4.69, 9.17) is 0 Å². The fourth-order valence-electron chi connectivity index (χ4n) is 1.64. The summed E-state index contributed by atoms with van der Waals surface area (Å²) < 4.78 is 0. The fourth-order valence-corrected chi connectivity index (χ4v) is 1.64. The molecule has 0 aromatic rings. The molecule has 1 heterocycles. The van der Waals surface area contributed by atoms with Gasteiger partial charge in [-0.1, -0.05) is 6.92 Å². The van der Waals surface area contributed by atoms with Gasteiger partial charge in [-0.05, 0) is 39.4 Å². The minimum Gasteiger partial charge on any atom is -0.313 e. The van der Waals surface area contributed by atoms with Crippen LogP contribution in [0, 0.1) is 0 Å². The highest BCUT2D eigenvalue weighted by molar-refractivity contribution is 4.70. The summed E-state index contributed by atoms with van der Waals surface area (Å²) in [6, 6.07) is 0.676. The van der Waals surface area contributed by atoms with Crippen LogP contribution in [0.2, 0.25) is 0 Å². The summed E-state index contributed by atoms with van der Waals surface area (Å²) in [4.78, 5) is 2.52. The van der Waals surface area contributed by atoms with E-state index in [9.17, 15) is 0 Å². The van der Waals surface area contributed by atoms with Crippen LogP contribution in [0.1, 0.15) is 26.7 Å². The molecule has 2 nitrogen and oxygen atoms in total. The summed E-state index contributed by atoms with van der Waals surface area (Å²) in [5.41, 5.74) is 0. The van der Waals surface area contributed by atoms with Gasteiger partial charge in [-0.25, -0.2) is 0 Å². The van der Waals surface area contributed by atoms with Crippen LogP contribution in [0.5, 0.6) is 0 Å². The van der Waals surface area contributed by atoms with Crippen LogP contribution < -0.4 is 5.32 Å². The molecule has 0 aromatic carbocycles. The topological polar surface area (TPSA) is 15.3 Å². The van der Waals surface area contributed by atoms with Crippen molar-refractivity contribution in [1.29, 1.82) is 0 Å². The first kappa shape index (κ1) is 9.01. The van der Waals surface area contributed by atoms with Crippen molar-refractivity contribution in [2.75, 3.05) is 26.2 Å². The predicted octanol–water partition coefficient (Wildman–Crippen LogP) is 1.08. The Morgan fingerprint density at radius 3 is 3.00 bits per heavy atom. The quantitative estimate of drug-likeness (QED) is 0.611. The Kier molecular flexibility index (Phi) is 3.87. The second-order valence-corrected chi connectivity index (χ2v) is 3.46. The van der Waals surface area contributed by atoms with E-state index in [-0.39, 0.29) is 0 Å². The van der Waals surface area contributed by atoms with Gasteiger partial charge >= 0.3 is 0 Å². The van der Waals surface area contributed by atoms with Crippen molar-refractivity contribution in [3.8, 4) is 0 Å². The maximum absolute atomic E-state index is 3.51. The van der Waals surface area contributed by atoms with E-state index in [0.29, 0.717) is 6.04 Å². The van der Waals surface area contributed by atoms with Gasteiger partial charge in [0.2, 0.25) is 0 Å². The molecule has 1 N–H and O–H groups in total. The Bertz CT molecular complexity index is 104. The fraction of sp³-hybridized carbons (Fsp3) is 1.00. The summed E-state index contributed by atoms with van der Waals surface area (Å²) in [7, 11) is 0. The van der Waals surface area contributed by atoms with Crippen LogP contribution in [0.15, 0.2) is 0 Å². The molecule has 0 amide bonds. The largest absolute Gasteiger partial charge is 0.313 e. The lowest BCUT2D eigenvalue weighted by atomic mass is 10.2. The highest BCUT2D eigenvalue weighted by Gasteiger charge is 2.10. The molecular formula is C9H20N2. The molecular weight excluding hydrogens is 136 g/mol. The molecule has 2 heteroatoms. The smallest absolute Gasteiger partial charge is 0.0166 e. The summed E-state index contributed by atoms with van der Waals surface area (Å²) in [5.74, 6) is 0. The lowest BCUT2D eigenvalue weighted by Crippen LogP contribution is -2.42. The van der Waals surface area contributed by atoms with Gasteiger partial charge in [-0.3, -0.25) is 0 Å². The van der Waals surface area contributed by atoms with Crippen LogP contribution in [-0.2, 0) is 0 Å². The van der Waals surface area contributed by atoms with Gasteiger partial charge in [0, 0.05) is 12.6 Å². The van der Waals surface area contributed by atoms with Crippen LogP contribution >= 0.6 is 0 Å². The molecule has 0 aliphatic carbocycles. The molecule has 0 radical (unpaired) electrons. The molecule has 1 aliphatic heterocycles. The maximum atomic E-state index is 3.51. The number of nitrogens with zero attached hydrogens (tertiary/aromatic N) is 1. The van der Waals surface area contributed by atoms with Gasteiger partial charge in [0.05, 0.1) is 0 Å². The first-order valence-electron chi connectivity index (χ1n) is 4.78. The lowest BCUT2D eigenvalue weighted by Gasteiger charge is -2.27. The minimum absolute atomic E-state index is 0.676. The van der Waals surface area contributed by atoms with Gasteiger partial charge in [0.25, 0.3) is 0 Å². The maximum Gasteiger partial charge on any atom is 0.0166 e. The Morgan fingerprint density at radius 2 is 2.27 bits per heavy atom. The Hall–Kier alpha value is -0.0800. The second-order valence-electron chi connectivity index (χ2n) is 3.46. The average Bonchev–Trinajstić information content (AvgIpc) is 1.96. The van der Waals surface area contributed by atoms with Crippen molar-refractivity contribution in [2.24, 2.45) is 0 Å². The molecule has 0 aromatic heterocycles. The average molecular weight is 156 g/mol. The number of likely N-dealkylation sites (N-methyl/N-ethyl adjacent to an activating group) is 1. The number of hydrogen-bond donors (Lipinski definition) is 1. The third kappa shape index (κ3) is 3.21. The zero-order chi connectivity index (χ0) is 8.10. The van der Waals surface area contributed by atoms with Crippen LogP contribution in [0.25, 0.3) is 0 Å². The van der Waals surface area contributed by atoms with Crippen LogP contribution in [0.4, 0.5) is 0 Å². The molecule has 66 valence electrons.